The maximum absolute atomic E-state index is 11.4. The highest BCUT2D eigenvalue weighted by Gasteiger charge is 2.18. The van der Waals surface area contributed by atoms with Gasteiger partial charge in [-0.15, -0.1) is 0 Å². The van der Waals surface area contributed by atoms with Crippen LogP contribution >= 0.6 is 22.9 Å². The second kappa shape index (κ2) is 6.55. The van der Waals surface area contributed by atoms with Crippen molar-refractivity contribution in [2.24, 2.45) is 0 Å². The SMILES string of the molecule is COC(=O)c1sc(Oc2ccc(NC(C)=O)cc2)nc1Cl. The summed E-state index contributed by atoms with van der Waals surface area (Å²) in [6.45, 7) is 1.43. The molecule has 0 aliphatic carbocycles. The number of halogens is 1. The van der Waals surface area contributed by atoms with Crippen LogP contribution in [-0.4, -0.2) is 24.0 Å². The van der Waals surface area contributed by atoms with Gasteiger partial charge in [0.05, 0.1) is 7.11 Å². The van der Waals surface area contributed by atoms with E-state index in [1.54, 1.807) is 24.3 Å². The standard InChI is InChI=1S/C13H11ClN2O4S/c1-7(17)15-8-3-5-9(6-4-8)20-13-16-11(14)10(21-13)12(18)19-2/h3-6H,1-2H3,(H,15,17). The van der Waals surface area contributed by atoms with Gasteiger partial charge in [0, 0.05) is 12.6 Å². The molecule has 1 N–H and O–H groups in total. The number of anilines is 1. The molecule has 0 unspecified atom stereocenters. The Morgan fingerprint density at radius 2 is 1.95 bits per heavy atom. The van der Waals surface area contributed by atoms with Gasteiger partial charge in [0.15, 0.2) is 10.0 Å². The molecule has 2 aromatic rings. The Hall–Kier alpha value is -2.12. The first-order valence-electron chi connectivity index (χ1n) is 5.79. The van der Waals surface area contributed by atoms with Crippen LogP contribution in [0.1, 0.15) is 16.6 Å². The van der Waals surface area contributed by atoms with E-state index in [2.05, 4.69) is 15.0 Å². The molecule has 2 rings (SSSR count). The van der Waals surface area contributed by atoms with Gasteiger partial charge in [-0.3, -0.25) is 4.79 Å². The first-order chi connectivity index (χ1) is 9.99. The van der Waals surface area contributed by atoms with E-state index < -0.39 is 5.97 Å². The molecule has 0 aliphatic rings. The van der Waals surface area contributed by atoms with Gasteiger partial charge in [-0.05, 0) is 24.3 Å². The van der Waals surface area contributed by atoms with Crippen LogP contribution in [0.15, 0.2) is 24.3 Å². The molecule has 0 saturated heterocycles. The molecule has 0 saturated carbocycles. The molecule has 1 amide bonds. The predicted octanol–water partition coefficient (Wildman–Crippen LogP) is 3.33. The second-order valence-corrected chi connectivity index (χ2v) is 5.22. The molecule has 0 atom stereocenters. The zero-order chi connectivity index (χ0) is 15.4. The van der Waals surface area contributed by atoms with Gasteiger partial charge in [0.1, 0.15) is 5.75 Å². The van der Waals surface area contributed by atoms with Crippen LogP contribution in [0, 0.1) is 0 Å². The van der Waals surface area contributed by atoms with Crippen molar-refractivity contribution in [3.05, 3.63) is 34.3 Å². The highest BCUT2D eigenvalue weighted by Crippen LogP contribution is 2.32. The summed E-state index contributed by atoms with van der Waals surface area (Å²) in [6, 6.07) is 6.71. The largest absolute Gasteiger partial charge is 0.465 e. The molecule has 21 heavy (non-hydrogen) atoms. The summed E-state index contributed by atoms with van der Waals surface area (Å²) in [5.74, 6) is -0.211. The minimum atomic E-state index is -0.562. The second-order valence-electron chi connectivity index (χ2n) is 3.90. The van der Waals surface area contributed by atoms with Crippen molar-refractivity contribution in [1.29, 1.82) is 0 Å². The number of methoxy groups -OCH3 is 1. The van der Waals surface area contributed by atoms with Gasteiger partial charge in [-0.1, -0.05) is 22.9 Å². The number of aromatic nitrogens is 1. The van der Waals surface area contributed by atoms with Crippen LogP contribution in [0.5, 0.6) is 10.9 Å². The Kier molecular flexibility index (Phi) is 4.77. The van der Waals surface area contributed by atoms with Crippen molar-refractivity contribution in [1.82, 2.24) is 4.98 Å². The normalized spacial score (nSPS) is 10.0. The van der Waals surface area contributed by atoms with Crippen LogP contribution in [0.4, 0.5) is 5.69 Å². The zero-order valence-electron chi connectivity index (χ0n) is 11.2. The molecule has 110 valence electrons. The number of hydrogen-bond donors (Lipinski definition) is 1. The van der Waals surface area contributed by atoms with Crippen molar-refractivity contribution in [3.63, 3.8) is 0 Å². The Morgan fingerprint density at radius 1 is 1.29 bits per heavy atom. The van der Waals surface area contributed by atoms with Gasteiger partial charge in [0.25, 0.3) is 5.19 Å². The van der Waals surface area contributed by atoms with E-state index >= 15 is 0 Å². The van der Waals surface area contributed by atoms with Crippen LogP contribution < -0.4 is 10.1 Å². The molecule has 0 fully saturated rings. The van der Waals surface area contributed by atoms with Crippen LogP contribution in [-0.2, 0) is 9.53 Å². The van der Waals surface area contributed by atoms with Crippen LogP contribution in [0.3, 0.4) is 0 Å². The van der Waals surface area contributed by atoms with Gasteiger partial charge in [-0.2, -0.15) is 4.98 Å². The number of carbonyl (C=O) groups is 2. The lowest BCUT2D eigenvalue weighted by Crippen LogP contribution is -2.05. The van der Waals surface area contributed by atoms with E-state index in [0.717, 1.165) is 11.3 Å². The summed E-state index contributed by atoms with van der Waals surface area (Å²) in [5.41, 5.74) is 0.655. The third kappa shape index (κ3) is 3.93. The fourth-order valence-corrected chi connectivity index (χ4v) is 2.52. The van der Waals surface area contributed by atoms with Crippen molar-refractivity contribution in [2.45, 2.75) is 6.92 Å². The Bertz CT molecular complexity index is 669. The lowest BCUT2D eigenvalue weighted by atomic mass is 10.3. The third-order valence-corrected chi connectivity index (χ3v) is 3.62. The van der Waals surface area contributed by atoms with E-state index in [1.807, 2.05) is 0 Å². The Morgan fingerprint density at radius 3 is 2.52 bits per heavy atom. The van der Waals surface area contributed by atoms with Crippen LogP contribution in [0.2, 0.25) is 5.15 Å². The lowest BCUT2D eigenvalue weighted by molar-refractivity contribution is -0.114. The fourth-order valence-electron chi connectivity index (χ4n) is 1.46. The first-order valence-corrected chi connectivity index (χ1v) is 6.99. The molecule has 1 heterocycles. The number of hydrogen-bond acceptors (Lipinski definition) is 6. The summed E-state index contributed by atoms with van der Waals surface area (Å²) in [6.07, 6.45) is 0. The predicted molar refractivity (Wildman–Crippen MR) is 79.3 cm³/mol. The van der Waals surface area contributed by atoms with Crippen molar-refractivity contribution in [3.8, 4) is 10.9 Å². The van der Waals surface area contributed by atoms with Crippen molar-refractivity contribution < 1.29 is 19.1 Å². The maximum atomic E-state index is 11.4. The Labute approximate surface area is 129 Å². The van der Waals surface area contributed by atoms with Crippen molar-refractivity contribution >= 4 is 40.5 Å². The summed E-state index contributed by atoms with van der Waals surface area (Å²) < 4.78 is 10.1. The molecule has 0 spiro atoms. The van der Waals surface area contributed by atoms with E-state index in [4.69, 9.17) is 16.3 Å². The average molecular weight is 327 g/mol. The topological polar surface area (TPSA) is 77.5 Å². The fraction of sp³-hybridized carbons (Fsp3) is 0.154. The summed E-state index contributed by atoms with van der Waals surface area (Å²) in [4.78, 5) is 26.4. The first kappa shape index (κ1) is 15.3. The molecule has 6 nitrogen and oxygen atoms in total. The zero-order valence-corrected chi connectivity index (χ0v) is 12.7. The van der Waals surface area contributed by atoms with Gasteiger partial charge in [-0.25, -0.2) is 4.79 Å². The van der Waals surface area contributed by atoms with Crippen molar-refractivity contribution in [2.75, 3.05) is 12.4 Å². The number of esters is 1. The van der Waals surface area contributed by atoms with Gasteiger partial charge in [0.2, 0.25) is 5.91 Å². The number of rotatable bonds is 4. The number of carbonyl (C=O) groups excluding carboxylic acids is 2. The number of ether oxygens (including phenoxy) is 2. The Balaban J connectivity index is 2.11. The van der Waals surface area contributed by atoms with Gasteiger partial charge >= 0.3 is 5.97 Å². The average Bonchev–Trinajstić information content (AvgIpc) is 2.80. The number of nitrogens with one attached hydrogen (secondary N) is 1. The number of benzene rings is 1. The molecular weight excluding hydrogens is 316 g/mol. The summed E-state index contributed by atoms with van der Waals surface area (Å²) in [7, 11) is 1.26. The molecule has 1 aromatic carbocycles. The summed E-state index contributed by atoms with van der Waals surface area (Å²) in [5, 5.41) is 2.91. The quantitative estimate of drug-likeness (QED) is 0.872. The van der Waals surface area contributed by atoms with E-state index in [-0.39, 0.29) is 21.1 Å². The minimum absolute atomic E-state index is 0.0386. The summed E-state index contributed by atoms with van der Waals surface area (Å²) >= 11 is 6.83. The third-order valence-electron chi connectivity index (χ3n) is 2.32. The highest BCUT2D eigenvalue weighted by atomic mass is 35.5. The highest BCUT2D eigenvalue weighted by molar-refractivity contribution is 7.15. The minimum Gasteiger partial charge on any atom is -0.465 e. The molecular formula is C13H11ClN2O4S. The van der Waals surface area contributed by atoms with E-state index in [1.165, 1.54) is 14.0 Å². The maximum Gasteiger partial charge on any atom is 0.351 e. The molecule has 0 bridgehead atoms. The monoisotopic (exact) mass is 326 g/mol. The lowest BCUT2D eigenvalue weighted by Gasteiger charge is -2.04. The molecule has 0 aliphatic heterocycles. The molecule has 0 radical (unpaired) electrons. The van der Waals surface area contributed by atoms with Gasteiger partial charge < -0.3 is 14.8 Å². The molecule has 1 aromatic heterocycles. The number of amides is 1. The number of thiazole rings is 1. The smallest absolute Gasteiger partial charge is 0.351 e. The number of nitrogens with zero attached hydrogens (tertiary/aromatic N) is 1. The molecule has 8 heteroatoms. The van der Waals surface area contributed by atoms with E-state index in [9.17, 15) is 9.59 Å². The van der Waals surface area contributed by atoms with Crippen LogP contribution in [0.25, 0.3) is 0 Å². The van der Waals surface area contributed by atoms with E-state index in [0.29, 0.717) is 11.4 Å².